The van der Waals surface area contributed by atoms with E-state index >= 15 is 0 Å². The molecule has 0 unspecified atom stereocenters. The van der Waals surface area contributed by atoms with Gasteiger partial charge in [-0.05, 0) is 30.0 Å². The molecule has 5 heteroatoms. The Morgan fingerprint density at radius 3 is 2.60 bits per heavy atom. The first-order valence-corrected chi connectivity index (χ1v) is 10.4. The molecule has 1 aromatic heterocycles. The van der Waals surface area contributed by atoms with Gasteiger partial charge in [0.05, 0.1) is 18.3 Å². The van der Waals surface area contributed by atoms with Crippen molar-refractivity contribution in [1.29, 1.82) is 0 Å². The quantitative estimate of drug-likeness (QED) is 0.567. The number of rotatable bonds is 7. The van der Waals surface area contributed by atoms with Gasteiger partial charge in [-0.3, -0.25) is 9.59 Å². The second-order valence-corrected chi connectivity index (χ2v) is 7.77. The predicted molar refractivity (Wildman–Crippen MR) is 117 cm³/mol. The van der Waals surface area contributed by atoms with Gasteiger partial charge in [0.15, 0.2) is 5.78 Å². The highest BCUT2D eigenvalue weighted by atomic mass is 16.3. The fourth-order valence-electron chi connectivity index (χ4n) is 4.24. The third kappa shape index (κ3) is 3.94. The van der Waals surface area contributed by atoms with Crippen LogP contribution in [0.15, 0.2) is 72.4 Å². The van der Waals surface area contributed by atoms with Gasteiger partial charge in [-0.1, -0.05) is 61.0 Å². The number of aliphatic hydroxyl groups excluding tert-OH is 1. The third-order valence-electron chi connectivity index (χ3n) is 5.90. The summed E-state index contributed by atoms with van der Waals surface area (Å²) >= 11 is 0. The molecule has 0 saturated heterocycles. The van der Waals surface area contributed by atoms with Crippen LogP contribution in [0.2, 0.25) is 0 Å². The predicted octanol–water partition coefficient (Wildman–Crippen LogP) is 4.62. The van der Waals surface area contributed by atoms with Crippen molar-refractivity contribution in [3.05, 3.63) is 83.7 Å². The van der Waals surface area contributed by atoms with Crippen molar-refractivity contribution in [1.82, 2.24) is 9.88 Å². The minimum Gasteiger partial charge on any atom is -0.394 e. The first kappa shape index (κ1) is 20.1. The molecule has 3 aromatic rings. The summed E-state index contributed by atoms with van der Waals surface area (Å²) in [6, 6.07) is 18.8. The van der Waals surface area contributed by atoms with Crippen molar-refractivity contribution >= 4 is 22.6 Å². The van der Waals surface area contributed by atoms with Crippen molar-refractivity contribution in [2.45, 2.75) is 32.2 Å². The summed E-state index contributed by atoms with van der Waals surface area (Å²) in [6.45, 7) is 1.89. The fraction of sp³-hybridized carbons (Fsp3) is 0.280. The summed E-state index contributed by atoms with van der Waals surface area (Å²) < 4.78 is 0. The molecule has 1 aliphatic heterocycles. The molecule has 2 aromatic carbocycles. The number of hydrogen-bond acceptors (Lipinski definition) is 3. The Morgan fingerprint density at radius 2 is 1.90 bits per heavy atom. The molecule has 2 heterocycles. The third-order valence-corrected chi connectivity index (χ3v) is 5.90. The Bertz CT molecular complexity index is 1050. The summed E-state index contributed by atoms with van der Waals surface area (Å²) in [4.78, 5) is 30.7. The number of amides is 1. The number of nitrogens with zero attached hydrogens (tertiary/aromatic N) is 1. The molecule has 0 saturated carbocycles. The van der Waals surface area contributed by atoms with Gasteiger partial charge in [-0.25, -0.2) is 0 Å². The Labute approximate surface area is 176 Å². The van der Waals surface area contributed by atoms with Crippen molar-refractivity contribution in [3.63, 3.8) is 0 Å². The first-order valence-electron chi connectivity index (χ1n) is 10.4. The molecule has 2 atom stereocenters. The van der Waals surface area contributed by atoms with Crippen LogP contribution in [0.5, 0.6) is 0 Å². The number of carbonyl (C=O) groups excluding carboxylic acids is 2. The molecule has 0 radical (unpaired) electrons. The van der Waals surface area contributed by atoms with Gasteiger partial charge >= 0.3 is 0 Å². The van der Waals surface area contributed by atoms with Crippen LogP contribution in [-0.2, 0) is 4.79 Å². The van der Waals surface area contributed by atoms with E-state index in [-0.39, 0.29) is 30.6 Å². The van der Waals surface area contributed by atoms with Crippen molar-refractivity contribution in [3.8, 4) is 0 Å². The van der Waals surface area contributed by atoms with Gasteiger partial charge in [0.2, 0.25) is 5.91 Å². The largest absolute Gasteiger partial charge is 0.394 e. The maximum Gasteiger partial charge on any atom is 0.227 e. The van der Waals surface area contributed by atoms with Crippen LogP contribution < -0.4 is 0 Å². The van der Waals surface area contributed by atoms with Crippen LogP contribution in [0.4, 0.5) is 0 Å². The SMILES string of the molecule is CCC1=CN([C@@H](CO)c2ccccc2)C(=O)C[C@H]1CC(=O)c1cc2ccccc2[nH]1. The summed E-state index contributed by atoms with van der Waals surface area (Å²) in [7, 11) is 0. The van der Waals surface area contributed by atoms with Gasteiger partial charge in [0.1, 0.15) is 0 Å². The van der Waals surface area contributed by atoms with E-state index in [0.29, 0.717) is 12.1 Å². The molecule has 30 heavy (non-hydrogen) atoms. The van der Waals surface area contributed by atoms with Crippen LogP contribution in [-0.4, -0.2) is 33.3 Å². The van der Waals surface area contributed by atoms with Crippen LogP contribution in [0.25, 0.3) is 10.9 Å². The second kappa shape index (κ2) is 8.67. The Morgan fingerprint density at radius 1 is 1.17 bits per heavy atom. The van der Waals surface area contributed by atoms with E-state index in [1.54, 1.807) is 4.90 Å². The Hall–Kier alpha value is -3.18. The van der Waals surface area contributed by atoms with Crippen molar-refractivity contribution < 1.29 is 14.7 Å². The lowest BCUT2D eigenvalue weighted by atomic mass is 9.85. The lowest BCUT2D eigenvalue weighted by molar-refractivity contribution is -0.133. The topological polar surface area (TPSA) is 73.4 Å². The van der Waals surface area contributed by atoms with Crippen LogP contribution in [0.3, 0.4) is 0 Å². The molecule has 2 N–H and O–H groups in total. The average Bonchev–Trinajstić information content (AvgIpc) is 3.21. The highest BCUT2D eigenvalue weighted by Gasteiger charge is 2.32. The number of allylic oxidation sites excluding steroid dienone is 1. The summed E-state index contributed by atoms with van der Waals surface area (Å²) in [6.07, 6.45) is 3.17. The number of carbonyl (C=O) groups is 2. The number of aromatic amines is 1. The molecule has 1 amide bonds. The number of Topliss-reactive ketones (excluding diaryl/α,β-unsaturated/α-hetero) is 1. The molecular formula is C25H26N2O3. The number of nitrogens with one attached hydrogen (secondary N) is 1. The number of aromatic nitrogens is 1. The zero-order chi connectivity index (χ0) is 21.1. The summed E-state index contributed by atoms with van der Waals surface area (Å²) in [5.41, 5.74) is 3.48. The van der Waals surface area contributed by atoms with Gasteiger partial charge < -0.3 is 15.0 Å². The number of H-pyrrole nitrogens is 1. The van der Waals surface area contributed by atoms with E-state index in [9.17, 15) is 14.7 Å². The lowest BCUT2D eigenvalue weighted by Gasteiger charge is -2.35. The van der Waals surface area contributed by atoms with Gasteiger partial charge in [-0.2, -0.15) is 0 Å². The molecule has 0 aliphatic carbocycles. The van der Waals surface area contributed by atoms with E-state index in [1.165, 1.54) is 0 Å². The second-order valence-electron chi connectivity index (χ2n) is 7.77. The molecule has 5 nitrogen and oxygen atoms in total. The van der Waals surface area contributed by atoms with E-state index in [2.05, 4.69) is 4.98 Å². The molecule has 1 aliphatic rings. The van der Waals surface area contributed by atoms with Crippen molar-refractivity contribution in [2.75, 3.05) is 6.61 Å². The fourth-order valence-corrected chi connectivity index (χ4v) is 4.24. The number of hydrogen-bond donors (Lipinski definition) is 2. The normalized spacial score (nSPS) is 17.8. The molecule has 4 rings (SSSR count). The highest BCUT2D eigenvalue weighted by molar-refractivity contribution is 6.00. The zero-order valence-corrected chi connectivity index (χ0v) is 17.0. The molecule has 0 fully saturated rings. The standard InChI is InChI=1S/C25H26N2O3/c1-2-17-15-27(23(16-28)18-8-4-3-5-9-18)25(30)14-20(17)13-24(29)22-12-19-10-6-7-11-21(19)26-22/h3-12,15,20,23,26,28H,2,13-14,16H2,1H3/t20-,23+/m1/s1. The zero-order valence-electron chi connectivity index (χ0n) is 17.0. The van der Waals surface area contributed by atoms with E-state index < -0.39 is 6.04 Å². The van der Waals surface area contributed by atoms with Crippen LogP contribution in [0.1, 0.15) is 48.3 Å². The maximum absolute atomic E-state index is 12.9. The van der Waals surface area contributed by atoms with E-state index in [0.717, 1.165) is 28.5 Å². The lowest BCUT2D eigenvalue weighted by Crippen LogP contribution is -2.38. The van der Waals surface area contributed by atoms with Crippen LogP contribution >= 0.6 is 0 Å². The molecular weight excluding hydrogens is 376 g/mol. The summed E-state index contributed by atoms with van der Waals surface area (Å²) in [5.74, 6) is -0.170. The van der Waals surface area contributed by atoms with E-state index in [4.69, 9.17) is 0 Å². The Kier molecular flexibility index (Phi) is 5.81. The number of fused-ring (bicyclic) bond motifs is 1. The van der Waals surface area contributed by atoms with E-state index in [1.807, 2.05) is 73.8 Å². The average molecular weight is 402 g/mol. The van der Waals surface area contributed by atoms with Gasteiger partial charge in [-0.15, -0.1) is 0 Å². The first-order chi connectivity index (χ1) is 14.6. The maximum atomic E-state index is 12.9. The van der Waals surface area contributed by atoms with Gasteiger partial charge in [0, 0.05) is 29.9 Å². The number of benzene rings is 2. The smallest absolute Gasteiger partial charge is 0.227 e. The monoisotopic (exact) mass is 402 g/mol. The number of aliphatic hydroxyl groups is 1. The number of ketones is 1. The molecule has 0 spiro atoms. The highest BCUT2D eigenvalue weighted by Crippen LogP contribution is 2.34. The number of para-hydroxylation sites is 1. The minimum absolute atomic E-state index is 0.0126. The molecule has 154 valence electrons. The summed E-state index contributed by atoms with van der Waals surface area (Å²) in [5, 5.41) is 11.0. The minimum atomic E-state index is -0.411. The molecule has 0 bridgehead atoms. The van der Waals surface area contributed by atoms with Crippen molar-refractivity contribution in [2.24, 2.45) is 5.92 Å². The van der Waals surface area contributed by atoms with Crippen LogP contribution in [0, 0.1) is 5.92 Å². The Balaban J connectivity index is 1.56. The van der Waals surface area contributed by atoms with Gasteiger partial charge in [0.25, 0.3) is 0 Å².